The molecule has 104 valence electrons. The molecule has 0 aliphatic carbocycles. The molecular formula is C11H11N5O3S. The molecule has 8 nitrogen and oxygen atoms in total. The average Bonchev–Trinajstić information content (AvgIpc) is 2.91. The van der Waals surface area contributed by atoms with Gasteiger partial charge in [0.05, 0.1) is 0 Å². The first-order valence-electron chi connectivity index (χ1n) is 5.73. The minimum Gasteiger partial charge on any atom is -0.465 e. The number of hydrogen-bond acceptors (Lipinski definition) is 6. The van der Waals surface area contributed by atoms with Crippen molar-refractivity contribution >= 4 is 21.7 Å². The molecule has 0 atom stereocenters. The van der Waals surface area contributed by atoms with Crippen LogP contribution in [0.1, 0.15) is 11.5 Å². The Morgan fingerprint density at radius 1 is 1.35 bits per heavy atom. The van der Waals surface area contributed by atoms with Crippen LogP contribution in [-0.4, -0.2) is 28.0 Å². The van der Waals surface area contributed by atoms with Crippen LogP contribution in [0.15, 0.2) is 33.8 Å². The van der Waals surface area contributed by atoms with Gasteiger partial charge < -0.3 is 4.42 Å². The quantitative estimate of drug-likeness (QED) is 0.776. The zero-order valence-electron chi connectivity index (χ0n) is 10.7. The van der Waals surface area contributed by atoms with Gasteiger partial charge in [-0.15, -0.1) is 5.10 Å². The lowest BCUT2D eigenvalue weighted by Crippen LogP contribution is -2.14. The summed E-state index contributed by atoms with van der Waals surface area (Å²) in [7, 11) is -3.78. The zero-order chi connectivity index (χ0) is 14.3. The number of furan rings is 1. The molecule has 0 aromatic carbocycles. The smallest absolute Gasteiger partial charge is 0.267 e. The molecule has 3 heterocycles. The van der Waals surface area contributed by atoms with E-state index in [4.69, 9.17) is 4.42 Å². The number of aryl methyl sites for hydroxylation is 2. The Morgan fingerprint density at radius 3 is 2.80 bits per heavy atom. The lowest BCUT2D eigenvalue weighted by Gasteiger charge is -2.01. The average molecular weight is 293 g/mol. The summed E-state index contributed by atoms with van der Waals surface area (Å²) in [4.78, 5) is 8.01. The van der Waals surface area contributed by atoms with Crippen molar-refractivity contribution in [1.82, 2.24) is 19.6 Å². The molecule has 0 saturated heterocycles. The molecule has 0 spiro atoms. The third-order valence-corrected chi connectivity index (χ3v) is 4.06. The third-order valence-electron chi connectivity index (χ3n) is 2.63. The number of nitrogens with one attached hydrogen (secondary N) is 1. The van der Waals surface area contributed by atoms with Crippen LogP contribution in [0, 0.1) is 13.8 Å². The SMILES string of the molecule is Cc1cc(S(=O)(=O)Nc2nc3ncccn3n2)c(C)o1. The molecule has 20 heavy (non-hydrogen) atoms. The Bertz CT molecular complexity index is 847. The van der Waals surface area contributed by atoms with Crippen molar-refractivity contribution in [2.45, 2.75) is 18.7 Å². The molecule has 0 unspecified atom stereocenters. The van der Waals surface area contributed by atoms with Crippen LogP contribution >= 0.6 is 0 Å². The maximum atomic E-state index is 12.2. The second-order valence-corrected chi connectivity index (χ2v) is 5.83. The highest BCUT2D eigenvalue weighted by Gasteiger charge is 2.22. The summed E-state index contributed by atoms with van der Waals surface area (Å²) in [6, 6.07) is 3.12. The predicted molar refractivity (Wildman–Crippen MR) is 69.8 cm³/mol. The third kappa shape index (κ3) is 2.11. The second-order valence-electron chi connectivity index (χ2n) is 4.18. The van der Waals surface area contributed by atoms with Crippen LogP contribution in [0.5, 0.6) is 0 Å². The predicted octanol–water partition coefficient (Wildman–Crippen LogP) is 1.13. The Balaban J connectivity index is 1.99. The fourth-order valence-corrected chi connectivity index (χ4v) is 3.00. The molecule has 0 fully saturated rings. The first-order chi connectivity index (χ1) is 9.45. The summed E-state index contributed by atoms with van der Waals surface area (Å²) in [5.74, 6) is 1.11. The Kier molecular flexibility index (Phi) is 2.71. The van der Waals surface area contributed by atoms with Gasteiger partial charge in [-0.1, -0.05) is 0 Å². The molecule has 9 heteroatoms. The van der Waals surface area contributed by atoms with Gasteiger partial charge in [0, 0.05) is 18.5 Å². The zero-order valence-corrected chi connectivity index (χ0v) is 11.5. The summed E-state index contributed by atoms with van der Waals surface area (Å²) >= 11 is 0. The number of aromatic nitrogens is 4. The topological polar surface area (TPSA) is 102 Å². The summed E-state index contributed by atoms with van der Waals surface area (Å²) < 4.78 is 33.4. The van der Waals surface area contributed by atoms with Crippen LogP contribution < -0.4 is 4.72 Å². The Labute approximate surface area is 114 Å². The van der Waals surface area contributed by atoms with Gasteiger partial charge in [-0.05, 0) is 19.9 Å². The van der Waals surface area contributed by atoms with Crippen molar-refractivity contribution in [3.05, 3.63) is 36.0 Å². The molecule has 0 bridgehead atoms. The van der Waals surface area contributed by atoms with Crippen LogP contribution in [0.2, 0.25) is 0 Å². The van der Waals surface area contributed by atoms with E-state index in [1.807, 2.05) is 0 Å². The van der Waals surface area contributed by atoms with E-state index in [9.17, 15) is 8.42 Å². The lowest BCUT2D eigenvalue weighted by atomic mass is 10.4. The van der Waals surface area contributed by atoms with E-state index in [1.54, 1.807) is 32.3 Å². The number of sulfonamides is 1. The number of rotatable bonds is 3. The normalized spacial score (nSPS) is 11.9. The fourth-order valence-electron chi connectivity index (χ4n) is 1.83. The first-order valence-corrected chi connectivity index (χ1v) is 7.21. The maximum absolute atomic E-state index is 12.2. The van der Waals surface area contributed by atoms with E-state index in [0.29, 0.717) is 17.3 Å². The van der Waals surface area contributed by atoms with E-state index in [2.05, 4.69) is 19.8 Å². The number of anilines is 1. The van der Waals surface area contributed by atoms with Crippen LogP contribution in [0.25, 0.3) is 5.78 Å². The standard InChI is InChI=1S/C11H11N5O3S/c1-7-6-9(8(2)19-7)20(17,18)15-10-13-11-12-4-3-5-16(11)14-10/h3-6H,1-2H3,(H,14,15). The molecular weight excluding hydrogens is 282 g/mol. The van der Waals surface area contributed by atoms with Gasteiger partial charge in [-0.3, -0.25) is 0 Å². The maximum Gasteiger partial charge on any atom is 0.267 e. The molecule has 0 amide bonds. The molecule has 0 saturated carbocycles. The van der Waals surface area contributed by atoms with Gasteiger partial charge in [0.2, 0.25) is 0 Å². The van der Waals surface area contributed by atoms with Crippen LogP contribution in [-0.2, 0) is 10.0 Å². The summed E-state index contributed by atoms with van der Waals surface area (Å²) in [5.41, 5.74) is 0. The molecule has 0 radical (unpaired) electrons. The largest absolute Gasteiger partial charge is 0.465 e. The second kappa shape index (κ2) is 4.30. The van der Waals surface area contributed by atoms with E-state index in [1.165, 1.54) is 10.6 Å². The van der Waals surface area contributed by atoms with Crippen molar-refractivity contribution in [3.8, 4) is 0 Å². The van der Waals surface area contributed by atoms with Gasteiger partial charge in [-0.25, -0.2) is 22.6 Å². The Morgan fingerprint density at radius 2 is 2.15 bits per heavy atom. The van der Waals surface area contributed by atoms with Gasteiger partial charge in [0.25, 0.3) is 21.7 Å². The van der Waals surface area contributed by atoms with Gasteiger partial charge >= 0.3 is 0 Å². The van der Waals surface area contributed by atoms with Gasteiger partial charge in [0.1, 0.15) is 16.4 Å². The van der Waals surface area contributed by atoms with Crippen LogP contribution in [0.4, 0.5) is 5.95 Å². The Hall–Kier alpha value is -2.42. The van der Waals surface area contributed by atoms with Crippen molar-refractivity contribution < 1.29 is 12.8 Å². The minimum absolute atomic E-state index is 0.0399. The highest BCUT2D eigenvalue weighted by Crippen LogP contribution is 2.21. The van der Waals surface area contributed by atoms with E-state index < -0.39 is 10.0 Å². The summed E-state index contributed by atoms with van der Waals surface area (Å²) in [6.07, 6.45) is 3.17. The van der Waals surface area contributed by atoms with E-state index >= 15 is 0 Å². The van der Waals surface area contributed by atoms with E-state index in [-0.39, 0.29) is 10.8 Å². The molecule has 1 N–H and O–H groups in total. The van der Waals surface area contributed by atoms with Crippen molar-refractivity contribution in [2.75, 3.05) is 4.72 Å². The monoisotopic (exact) mass is 293 g/mol. The van der Waals surface area contributed by atoms with Gasteiger partial charge in [-0.2, -0.15) is 4.98 Å². The van der Waals surface area contributed by atoms with Gasteiger partial charge in [0.15, 0.2) is 0 Å². The molecule has 0 aliphatic heterocycles. The molecule has 3 rings (SSSR count). The highest BCUT2D eigenvalue weighted by molar-refractivity contribution is 7.92. The van der Waals surface area contributed by atoms with Crippen molar-refractivity contribution in [1.29, 1.82) is 0 Å². The van der Waals surface area contributed by atoms with Crippen LogP contribution in [0.3, 0.4) is 0 Å². The lowest BCUT2D eigenvalue weighted by molar-refractivity contribution is 0.496. The fraction of sp³-hybridized carbons (Fsp3) is 0.182. The summed E-state index contributed by atoms with van der Waals surface area (Å²) in [5, 5.41) is 3.98. The van der Waals surface area contributed by atoms with Crippen molar-refractivity contribution in [2.24, 2.45) is 0 Å². The van der Waals surface area contributed by atoms with Crippen molar-refractivity contribution in [3.63, 3.8) is 0 Å². The first kappa shape index (κ1) is 12.6. The molecule has 3 aromatic heterocycles. The minimum atomic E-state index is -3.78. The highest BCUT2D eigenvalue weighted by atomic mass is 32.2. The number of hydrogen-bond donors (Lipinski definition) is 1. The molecule has 0 aliphatic rings. The summed E-state index contributed by atoms with van der Waals surface area (Å²) in [6.45, 7) is 3.26. The number of fused-ring (bicyclic) bond motifs is 1. The molecule has 3 aromatic rings. The number of nitrogens with zero attached hydrogens (tertiary/aromatic N) is 4. The van der Waals surface area contributed by atoms with E-state index in [0.717, 1.165) is 0 Å².